The number of ketones is 1. The fourth-order valence-electron chi connectivity index (χ4n) is 2.57. The summed E-state index contributed by atoms with van der Waals surface area (Å²) in [7, 11) is 1.46. The van der Waals surface area contributed by atoms with Gasteiger partial charge in [-0.3, -0.25) is 9.69 Å². The summed E-state index contributed by atoms with van der Waals surface area (Å²) >= 11 is 0. The van der Waals surface area contributed by atoms with E-state index in [2.05, 4.69) is 18.7 Å². The summed E-state index contributed by atoms with van der Waals surface area (Å²) in [5.74, 6) is 0.227. The first-order valence-corrected chi connectivity index (χ1v) is 6.51. The van der Waals surface area contributed by atoms with Crippen LogP contribution >= 0.6 is 0 Å². The maximum absolute atomic E-state index is 13.7. The molecule has 1 aromatic carbocycles. The van der Waals surface area contributed by atoms with E-state index in [0.717, 1.165) is 12.1 Å². The van der Waals surface area contributed by atoms with Crippen molar-refractivity contribution in [1.29, 1.82) is 0 Å². The molecule has 0 aliphatic carbocycles. The van der Waals surface area contributed by atoms with Crippen molar-refractivity contribution in [2.45, 2.75) is 38.8 Å². The Labute approximate surface area is 113 Å². The van der Waals surface area contributed by atoms with Crippen LogP contribution in [0.2, 0.25) is 0 Å². The second-order valence-electron chi connectivity index (χ2n) is 5.67. The maximum Gasteiger partial charge on any atom is 0.165 e. The molecule has 3 nitrogen and oxygen atoms in total. The van der Waals surface area contributed by atoms with Gasteiger partial charge in [0.25, 0.3) is 0 Å². The molecular formula is C15H20FNO2. The minimum Gasteiger partial charge on any atom is -0.494 e. The number of ether oxygens (including phenoxy) is 1. The van der Waals surface area contributed by atoms with E-state index in [1.165, 1.54) is 13.2 Å². The number of Topliss-reactive ketones (excluding diaryl/α,β-unsaturated/α-hetero) is 1. The van der Waals surface area contributed by atoms with E-state index in [1.54, 1.807) is 6.07 Å². The first-order chi connectivity index (χ1) is 8.92. The number of likely N-dealkylation sites (tertiary alicyclic amines) is 1. The number of rotatable bonds is 3. The lowest BCUT2D eigenvalue weighted by Gasteiger charge is -2.41. The van der Waals surface area contributed by atoms with E-state index in [4.69, 9.17) is 4.74 Å². The number of halogens is 1. The number of carbonyl (C=O) groups is 1. The van der Waals surface area contributed by atoms with Crippen molar-refractivity contribution in [3.05, 3.63) is 29.6 Å². The van der Waals surface area contributed by atoms with E-state index < -0.39 is 0 Å². The molecule has 1 fully saturated rings. The van der Waals surface area contributed by atoms with Gasteiger partial charge in [-0.25, -0.2) is 4.39 Å². The van der Waals surface area contributed by atoms with Crippen molar-refractivity contribution in [2.75, 3.05) is 13.7 Å². The predicted molar refractivity (Wildman–Crippen MR) is 71.7 cm³/mol. The summed E-state index contributed by atoms with van der Waals surface area (Å²) in [6.45, 7) is 5.51. The molecular weight excluding hydrogens is 245 g/mol. The molecule has 4 heteroatoms. The second kappa shape index (κ2) is 5.29. The molecule has 1 heterocycles. The van der Waals surface area contributed by atoms with Gasteiger partial charge in [-0.15, -0.1) is 0 Å². The lowest BCUT2D eigenvalue weighted by atomic mass is 9.89. The summed E-state index contributed by atoms with van der Waals surface area (Å²) in [6.07, 6.45) is 1.15. The van der Waals surface area contributed by atoms with Crippen LogP contribution in [0.1, 0.15) is 32.3 Å². The van der Waals surface area contributed by atoms with Crippen LogP contribution < -0.4 is 4.74 Å². The van der Waals surface area contributed by atoms with E-state index in [9.17, 15) is 9.18 Å². The van der Waals surface area contributed by atoms with Crippen molar-refractivity contribution < 1.29 is 13.9 Å². The Morgan fingerprint density at radius 2 is 2.16 bits per heavy atom. The predicted octanol–water partition coefficient (Wildman–Crippen LogP) is 2.78. The van der Waals surface area contributed by atoms with Crippen LogP contribution in [0, 0.1) is 5.82 Å². The summed E-state index contributed by atoms with van der Waals surface area (Å²) in [4.78, 5) is 13.7. The Bertz CT molecular complexity index is 485. The van der Waals surface area contributed by atoms with Gasteiger partial charge < -0.3 is 4.74 Å². The Morgan fingerprint density at radius 3 is 2.74 bits per heavy atom. The molecule has 0 aromatic heterocycles. The lowest BCUT2D eigenvalue weighted by molar-refractivity contribution is -0.125. The number of carbonyl (C=O) groups excluding carboxylic acids is 1. The zero-order valence-electron chi connectivity index (χ0n) is 11.7. The van der Waals surface area contributed by atoms with Crippen LogP contribution in [0.15, 0.2) is 18.2 Å². The second-order valence-corrected chi connectivity index (χ2v) is 5.67. The highest BCUT2D eigenvalue weighted by Crippen LogP contribution is 2.28. The normalized spacial score (nSPS) is 19.5. The zero-order valence-corrected chi connectivity index (χ0v) is 11.7. The topological polar surface area (TPSA) is 29.5 Å². The van der Waals surface area contributed by atoms with Crippen LogP contribution in [-0.4, -0.2) is 29.9 Å². The standard InChI is InChI=1S/C15H20FNO2/c1-15(2)9-12(18)6-7-17(15)10-11-4-5-14(19-3)13(16)8-11/h4-5,8H,6-7,9-10H2,1-3H3. The molecule has 0 atom stereocenters. The Hall–Kier alpha value is -1.42. The number of hydrogen-bond donors (Lipinski definition) is 0. The quantitative estimate of drug-likeness (QED) is 0.841. The van der Waals surface area contributed by atoms with Crippen molar-refractivity contribution in [3.8, 4) is 5.75 Å². The molecule has 104 valence electrons. The van der Waals surface area contributed by atoms with Crippen LogP contribution in [0.3, 0.4) is 0 Å². The number of nitrogens with zero attached hydrogens (tertiary/aromatic N) is 1. The van der Waals surface area contributed by atoms with Gasteiger partial charge in [0.2, 0.25) is 0 Å². The fourth-order valence-corrected chi connectivity index (χ4v) is 2.57. The van der Waals surface area contributed by atoms with Gasteiger partial charge in [-0.1, -0.05) is 6.07 Å². The monoisotopic (exact) mass is 265 g/mol. The third kappa shape index (κ3) is 3.13. The van der Waals surface area contributed by atoms with E-state index in [0.29, 0.717) is 25.2 Å². The molecule has 1 aromatic rings. The van der Waals surface area contributed by atoms with Crippen molar-refractivity contribution in [3.63, 3.8) is 0 Å². The smallest absolute Gasteiger partial charge is 0.165 e. The molecule has 0 amide bonds. The van der Waals surface area contributed by atoms with Gasteiger partial charge in [-0.2, -0.15) is 0 Å². The number of benzene rings is 1. The summed E-state index contributed by atoms with van der Waals surface area (Å²) in [6, 6.07) is 5.02. The van der Waals surface area contributed by atoms with Crippen LogP contribution in [0.5, 0.6) is 5.75 Å². The Morgan fingerprint density at radius 1 is 1.42 bits per heavy atom. The molecule has 1 saturated heterocycles. The number of piperidine rings is 1. The maximum atomic E-state index is 13.7. The third-order valence-corrected chi connectivity index (χ3v) is 3.74. The van der Waals surface area contributed by atoms with Gasteiger partial charge >= 0.3 is 0 Å². The van der Waals surface area contributed by atoms with Gasteiger partial charge in [0, 0.05) is 31.5 Å². The molecule has 1 aliphatic rings. The average Bonchev–Trinajstić information content (AvgIpc) is 2.32. The lowest BCUT2D eigenvalue weighted by Crippen LogP contribution is -2.49. The van der Waals surface area contributed by atoms with Crippen LogP contribution in [-0.2, 0) is 11.3 Å². The van der Waals surface area contributed by atoms with Crippen molar-refractivity contribution in [2.24, 2.45) is 0 Å². The van der Waals surface area contributed by atoms with E-state index in [-0.39, 0.29) is 17.1 Å². The minimum absolute atomic E-state index is 0.161. The van der Waals surface area contributed by atoms with E-state index in [1.807, 2.05) is 6.07 Å². The molecule has 0 bridgehead atoms. The van der Waals surface area contributed by atoms with Gasteiger partial charge in [-0.05, 0) is 31.5 Å². The molecule has 0 N–H and O–H groups in total. The Kier molecular flexibility index (Phi) is 3.90. The zero-order chi connectivity index (χ0) is 14.0. The van der Waals surface area contributed by atoms with Crippen LogP contribution in [0.25, 0.3) is 0 Å². The molecule has 2 rings (SSSR count). The van der Waals surface area contributed by atoms with E-state index >= 15 is 0 Å². The highest BCUT2D eigenvalue weighted by Gasteiger charge is 2.33. The first-order valence-electron chi connectivity index (χ1n) is 6.51. The molecule has 1 aliphatic heterocycles. The van der Waals surface area contributed by atoms with Crippen LogP contribution in [0.4, 0.5) is 4.39 Å². The molecule has 0 saturated carbocycles. The van der Waals surface area contributed by atoms with Gasteiger partial charge in [0.1, 0.15) is 5.78 Å². The fraction of sp³-hybridized carbons (Fsp3) is 0.533. The van der Waals surface area contributed by atoms with Crippen molar-refractivity contribution >= 4 is 5.78 Å². The molecule has 0 radical (unpaired) electrons. The minimum atomic E-state index is -0.342. The first kappa shape index (κ1) is 14.0. The summed E-state index contributed by atoms with van der Waals surface area (Å²) in [5, 5.41) is 0. The molecule has 0 unspecified atom stereocenters. The number of hydrogen-bond acceptors (Lipinski definition) is 3. The Balaban J connectivity index is 2.12. The van der Waals surface area contributed by atoms with Gasteiger partial charge in [0.15, 0.2) is 11.6 Å². The third-order valence-electron chi connectivity index (χ3n) is 3.74. The molecule has 19 heavy (non-hydrogen) atoms. The summed E-state index contributed by atoms with van der Waals surface area (Å²) < 4.78 is 18.6. The highest BCUT2D eigenvalue weighted by molar-refractivity contribution is 5.80. The van der Waals surface area contributed by atoms with Gasteiger partial charge in [0.05, 0.1) is 7.11 Å². The number of methoxy groups -OCH3 is 1. The molecule has 0 spiro atoms. The largest absolute Gasteiger partial charge is 0.494 e. The van der Waals surface area contributed by atoms with Crippen molar-refractivity contribution in [1.82, 2.24) is 4.90 Å². The SMILES string of the molecule is COc1ccc(CN2CCC(=O)CC2(C)C)cc1F. The average molecular weight is 265 g/mol. The highest BCUT2D eigenvalue weighted by atomic mass is 19.1. The summed E-state index contributed by atoms with van der Waals surface area (Å²) in [5.41, 5.74) is 0.742.